The molecule has 0 aliphatic carbocycles. The van der Waals surface area contributed by atoms with Crippen molar-refractivity contribution in [2.45, 2.75) is 32.1 Å². The molecular formula is C11H20ClNO. The van der Waals surface area contributed by atoms with Gasteiger partial charge in [0.1, 0.15) is 6.61 Å². The summed E-state index contributed by atoms with van der Waals surface area (Å²) in [5, 5.41) is 8.43. The maximum Gasteiger partial charge on any atom is 0.104 e. The van der Waals surface area contributed by atoms with Crippen LogP contribution in [0, 0.1) is 11.8 Å². The smallest absolute Gasteiger partial charge is 0.104 e. The lowest BCUT2D eigenvalue weighted by Crippen LogP contribution is -2.30. The molecule has 2 nitrogen and oxygen atoms in total. The fourth-order valence-electron chi connectivity index (χ4n) is 1.72. The highest BCUT2D eigenvalue weighted by atomic mass is 35.5. The van der Waals surface area contributed by atoms with Crippen molar-refractivity contribution in [3.63, 3.8) is 0 Å². The molecule has 0 aromatic carbocycles. The van der Waals surface area contributed by atoms with Crippen molar-refractivity contribution in [2.24, 2.45) is 0 Å². The normalized spacial score (nSPS) is 16.6. The van der Waals surface area contributed by atoms with Gasteiger partial charge in [0, 0.05) is 6.42 Å². The van der Waals surface area contributed by atoms with Gasteiger partial charge in [-0.1, -0.05) is 12.3 Å². The lowest BCUT2D eigenvalue weighted by atomic mass is 10.1. The molecule has 14 heavy (non-hydrogen) atoms. The van der Waals surface area contributed by atoms with Crippen LogP contribution in [0.5, 0.6) is 0 Å². The molecule has 1 heterocycles. The van der Waals surface area contributed by atoms with Crippen molar-refractivity contribution >= 4 is 12.4 Å². The summed E-state index contributed by atoms with van der Waals surface area (Å²) in [5.41, 5.74) is 0. The molecular weight excluding hydrogens is 198 g/mol. The molecule has 0 atom stereocenters. The molecule has 0 spiro atoms. The molecule has 0 aromatic rings. The van der Waals surface area contributed by atoms with Crippen LogP contribution in [-0.2, 0) is 0 Å². The zero-order valence-corrected chi connectivity index (χ0v) is 9.48. The van der Waals surface area contributed by atoms with E-state index in [0.717, 1.165) is 12.8 Å². The van der Waals surface area contributed by atoms with Gasteiger partial charge in [0.2, 0.25) is 0 Å². The minimum Gasteiger partial charge on any atom is -0.384 e. The number of rotatable bonds is 3. The predicted molar refractivity (Wildman–Crippen MR) is 61.6 cm³/mol. The molecule has 1 aliphatic heterocycles. The second-order valence-electron chi connectivity index (χ2n) is 3.52. The van der Waals surface area contributed by atoms with Crippen LogP contribution < -0.4 is 0 Å². The number of nitrogens with zero attached hydrogens (tertiary/aromatic N) is 1. The van der Waals surface area contributed by atoms with E-state index in [-0.39, 0.29) is 19.0 Å². The average molecular weight is 218 g/mol. The topological polar surface area (TPSA) is 23.5 Å². The minimum absolute atomic E-state index is 0. The standard InChI is InChI=1S/C11H19NO.ClH/c13-11-7-2-1-4-8-12-9-5-3-6-10-12;/h13H,1,3-6,8-11H2;1H. The molecule has 1 N–H and O–H groups in total. The number of aliphatic hydroxyl groups excluding tert-OH is 1. The zero-order chi connectivity index (χ0) is 9.36. The van der Waals surface area contributed by atoms with E-state index in [1.54, 1.807) is 0 Å². The number of hydrogen-bond donors (Lipinski definition) is 1. The largest absolute Gasteiger partial charge is 0.384 e. The highest BCUT2D eigenvalue weighted by Crippen LogP contribution is 2.08. The quantitative estimate of drug-likeness (QED) is 0.574. The molecule has 0 bridgehead atoms. The average Bonchev–Trinajstić information content (AvgIpc) is 2.19. The number of piperidine rings is 1. The van der Waals surface area contributed by atoms with Crippen LogP contribution in [0.3, 0.4) is 0 Å². The molecule has 0 radical (unpaired) electrons. The first kappa shape index (κ1) is 13.8. The number of hydrogen-bond acceptors (Lipinski definition) is 2. The van der Waals surface area contributed by atoms with Crippen LogP contribution in [0.4, 0.5) is 0 Å². The van der Waals surface area contributed by atoms with Gasteiger partial charge in [-0.15, -0.1) is 18.3 Å². The molecule has 1 aliphatic rings. The van der Waals surface area contributed by atoms with Crippen molar-refractivity contribution < 1.29 is 5.11 Å². The Balaban J connectivity index is 0.00000169. The Kier molecular flexibility index (Phi) is 9.18. The summed E-state index contributed by atoms with van der Waals surface area (Å²) in [6.07, 6.45) is 6.20. The lowest BCUT2D eigenvalue weighted by Gasteiger charge is -2.25. The first-order valence-corrected chi connectivity index (χ1v) is 5.22. The van der Waals surface area contributed by atoms with Gasteiger partial charge in [-0.2, -0.15) is 0 Å². The summed E-state index contributed by atoms with van der Waals surface area (Å²) in [6, 6.07) is 0. The van der Waals surface area contributed by atoms with E-state index >= 15 is 0 Å². The van der Waals surface area contributed by atoms with E-state index in [1.807, 2.05) is 0 Å². The maximum atomic E-state index is 8.43. The van der Waals surface area contributed by atoms with Gasteiger partial charge in [-0.3, -0.25) is 0 Å². The Labute approximate surface area is 93.1 Å². The Hall–Kier alpha value is -0.230. The van der Waals surface area contributed by atoms with Crippen LogP contribution >= 0.6 is 12.4 Å². The number of halogens is 1. The molecule has 0 unspecified atom stereocenters. The third kappa shape index (κ3) is 6.26. The molecule has 82 valence electrons. The highest BCUT2D eigenvalue weighted by Gasteiger charge is 2.08. The third-order valence-electron chi connectivity index (χ3n) is 2.43. The summed E-state index contributed by atoms with van der Waals surface area (Å²) in [6.45, 7) is 3.73. The summed E-state index contributed by atoms with van der Waals surface area (Å²) in [5.74, 6) is 5.62. The molecule has 0 aromatic heterocycles. The number of unbranched alkanes of at least 4 members (excludes halogenated alkanes) is 1. The van der Waals surface area contributed by atoms with E-state index in [4.69, 9.17) is 5.11 Å². The van der Waals surface area contributed by atoms with Crippen LogP contribution in [-0.4, -0.2) is 36.2 Å². The van der Waals surface area contributed by atoms with E-state index in [0.29, 0.717) is 0 Å². The Morgan fingerprint density at radius 1 is 1.07 bits per heavy atom. The van der Waals surface area contributed by atoms with Crippen LogP contribution in [0.2, 0.25) is 0 Å². The van der Waals surface area contributed by atoms with Crippen LogP contribution in [0.25, 0.3) is 0 Å². The Bertz CT molecular complexity index is 179. The molecule has 0 saturated carbocycles. The fraction of sp³-hybridized carbons (Fsp3) is 0.818. The fourth-order valence-corrected chi connectivity index (χ4v) is 1.72. The van der Waals surface area contributed by atoms with Gasteiger partial charge in [0.05, 0.1) is 0 Å². The molecule has 1 rings (SSSR count). The van der Waals surface area contributed by atoms with Gasteiger partial charge in [-0.05, 0) is 38.9 Å². The maximum absolute atomic E-state index is 8.43. The van der Waals surface area contributed by atoms with Crippen molar-refractivity contribution in [1.29, 1.82) is 0 Å². The highest BCUT2D eigenvalue weighted by molar-refractivity contribution is 5.85. The van der Waals surface area contributed by atoms with Crippen LogP contribution in [0.1, 0.15) is 32.1 Å². The first-order valence-electron chi connectivity index (χ1n) is 5.22. The summed E-state index contributed by atoms with van der Waals surface area (Å²) < 4.78 is 0. The summed E-state index contributed by atoms with van der Waals surface area (Å²) in [4.78, 5) is 2.52. The Morgan fingerprint density at radius 3 is 2.43 bits per heavy atom. The lowest BCUT2D eigenvalue weighted by molar-refractivity contribution is 0.227. The van der Waals surface area contributed by atoms with E-state index in [9.17, 15) is 0 Å². The van der Waals surface area contributed by atoms with Gasteiger partial charge in [-0.25, -0.2) is 0 Å². The zero-order valence-electron chi connectivity index (χ0n) is 8.67. The van der Waals surface area contributed by atoms with Crippen molar-refractivity contribution in [2.75, 3.05) is 26.2 Å². The van der Waals surface area contributed by atoms with Crippen molar-refractivity contribution in [3.8, 4) is 11.8 Å². The van der Waals surface area contributed by atoms with Gasteiger partial charge < -0.3 is 10.0 Å². The third-order valence-corrected chi connectivity index (χ3v) is 2.43. The van der Waals surface area contributed by atoms with Crippen molar-refractivity contribution in [3.05, 3.63) is 0 Å². The minimum atomic E-state index is 0. The number of aliphatic hydroxyl groups is 1. The first-order chi connectivity index (χ1) is 6.43. The predicted octanol–water partition coefficient (Wildman–Crippen LogP) is 1.67. The molecule has 1 fully saturated rings. The van der Waals surface area contributed by atoms with Gasteiger partial charge in [0.25, 0.3) is 0 Å². The molecule has 3 heteroatoms. The monoisotopic (exact) mass is 217 g/mol. The van der Waals surface area contributed by atoms with Crippen molar-refractivity contribution in [1.82, 2.24) is 4.90 Å². The van der Waals surface area contributed by atoms with Gasteiger partial charge >= 0.3 is 0 Å². The molecule has 1 saturated heterocycles. The SMILES string of the molecule is Cl.OCC#CCCCN1CCCCC1. The Morgan fingerprint density at radius 2 is 1.79 bits per heavy atom. The van der Waals surface area contributed by atoms with Gasteiger partial charge in [0.15, 0.2) is 0 Å². The van der Waals surface area contributed by atoms with E-state index < -0.39 is 0 Å². The molecule has 0 amide bonds. The summed E-state index contributed by atoms with van der Waals surface area (Å²) >= 11 is 0. The summed E-state index contributed by atoms with van der Waals surface area (Å²) in [7, 11) is 0. The van der Waals surface area contributed by atoms with E-state index in [1.165, 1.54) is 38.9 Å². The second kappa shape index (κ2) is 9.33. The second-order valence-corrected chi connectivity index (χ2v) is 3.52. The van der Waals surface area contributed by atoms with E-state index in [2.05, 4.69) is 16.7 Å². The number of likely N-dealkylation sites (tertiary alicyclic amines) is 1. The van der Waals surface area contributed by atoms with Crippen LogP contribution in [0.15, 0.2) is 0 Å².